The lowest BCUT2D eigenvalue weighted by molar-refractivity contribution is -0.401. The first kappa shape index (κ1) is 26.8. The third kappa shape index (κ3) is 5.01. The first-order valence-electron chi connectivity index (χ1n) is 13.0. The van der Waals surface area contributed by atoms with E-state index >= 15 is 0 Å². The second kappa shape index (κ2) is 10.6. The summed E-state index contributed by atoms with van der Waals surface area (Å²) in [6.07, 6.45) is 13.4. The minimum absolute atomic E-state index is 0.0503. The largest absolute Gasteiger partial charge is 0.356 e. The molecule has 0 saturated heterocycles. The third-order valence-electron chi connectivity index (χ3n) is 7.94. The van der Waals surface area contributed by atoms with Gasteiger partial charge in [-0.3, -0.25) is 0 Å². The summed E-state index contributed by atoms with van der Waals surface area (Å²) in [4.78, 5) is 2.29. The number of fused-ring (bicyclic) bond motifs is 2. The van der Waals surface area contributed by atoms with Crippen LogP contribution in [0.15, 0.2) is 96.3 Å². The number of rotatable bonds is 8. The van der Waals surface area contributed by atoms with E-state index in [1.165, 1.54) is 33.9 Å². The van der Waals surface area contributed by atoms with Crippen LogP contribution in [0.2, 0.25) is 0 Å². The molecule has 0 spiro atoms. The van der Waals surface area contributed by atoms with E-state index < -0.39 is 0 Å². The Labute approximate surface area is 222 Å². The molecule has 4 heteroatoms. The highest BCUT2D eigenvalue weighted by atomic mass is 16.7. The number of hydrogen-bond acceptors (Lipinski definition) is 3. The average Bonchev–Trinajstić information content (AvgIpc) is 3.21. The van der Waals surface area contributed by atoms with E-state index in [-0.39, 0.29) is 17.1 Å². The quantitative estimate of drug-likeness (QED) is 0.222. The molecular formula is C33H41N2O2+. The SMILES string of the molecule is COC(CC(C=CC=C1N(C)c2ccccc2C1(C)C)=CC=CC1=[N+](C)c2ccccc2C1(C)C)OC. The van der Waals surface area contributed by atoms with Crippen LogP contribution >= 0.6 is 0 Å². The smallest absolute Gasteiger partial charge is 0.209 e. The predicted octanol–water partition coefficient (Wildman–Crippen LogP) is 7.05. The van der Waals surface area contributed by atoms with Gasteiger partial charge in [0.2, 0.25) is 5.69 Å². The molecule has 0 N–H and O–H groups in total. The van der Waals surface area contributed by atoms with Gasteiger partial charge < -0.3 is 14.4 Å². The number of allylic oxidation sites excluding steroid dienone is 7. The van der Waals surface area contributed by atoms with Crippen molar-refractivity contribution in [3.63, 3.8) is 0 Å². The van der Waals surface area contributed by atoms with Crippen molar-refractivity contribution in [1.29, 1.82) is 0 Å². The highest BCUT2D eigenvalue weighted by molar-refractivity contribution is 6.03. The summed E-state index contributed by atoms with van der Waals surface area (Å²) in [5.41, 5.74) is 8.84. The Bertz CT molecular complexity index is 1300. The van der Waals surface area contributed by atoms with Crippen LogP contribution in [0.25, 0.3) is 0 Å². The van der Waals surface area contributed by atoms with Gasteiger partial charge in [-0.05, 0) is 37.1 Å². The summed E-state index contributed by atoms with van der Waals surface area (Å²) in [5, 5.41) is 0. The third-order valence-corrected chi connectivity index (χ3v) is 7.94. The number of benzene rings is 2. The van der Waals surface area contributed by atoms with Crippen molar-refractivity contribution in [3.8, 4) is 0 Å². The fourth-order valence-corrected chi connectivity index (χ4v) is 5.78. The zero-order chi connectivity index (χ0) is 26.8. The van der Waals surface area contributed by atoms with Crippen LogP contribution in [0, 0.1) is 0 Å². The lowest BCUT2D eigenvalue weighted by atomic mass is 9.81. The number of ether oxygens (including phenoxy) is 2. The van der Waals surface area contributed by atoms with Gasteiger partial charge in [-0.15, -0.1) is 0 Å². The van der Waals surface area contributed by atoms with E-state index in [2.05, 4.69) is 136 Å². The lowest BCUT2D eigenvalue weighted by Crippen LogP contribution is -2.26. The number of hydrogen-bond donors (Lipinski definition) is 0. The zero-order valence-corrected chi connectivity index (χ0v) is 23.6. The maximum Gasteiger partial charge on any atom is 0.209 e. The second-order valence-electron chi connectivity index (χ2n) is 10.9. The Kier molecular flexibility index (Phi) is 7.72. The summed E-state index contributed by atoms with van der Waals surface area (Å²) >= 11 is 0. The number of nitrogens with zero attached hydrogens (tertiary/aromatic N) is 2. The van der Waals surface area contributed by atoms with E-state index in [9.17, 15) is 0 Å². The fourth-order valence-electron chi connectivity index (χ4n) is 5.78. The first-order chi connectivity index (χ1) is 17.6. The van der Waals surface area contributed by atoms with Gasteiger partial charge >= 0.3 is 0 Å². The Balaban J connectivity index is 1.62. The molecule has 194 valence electrons. The minimum Gasteiger partial charge on any atom is -0.356 e. The number of likely N-dealkylation sites (N-methyl/N-ethyl adjacent to an activating group) is 1. The van der Waals surface area contributed by atoms with Crippen LogP contribution < -0.4 is 4.90 Å². The molecule has 0 unspecified atom stereocenters. The Hall–Kier alpha value is -3.21. The van der Waals surface area contributed by atoms with Crippen LogP contribution in [0.3, 0.4) is 0 Å². The molecule has 2 aromatic rings. The summed E-state index contributed by atoms with van der Waals surface area (Å²) in [6.45, 7) is 9.15. The van der Waals surface area contributed by atoms with E-state index in [0.717, 1.165) is 5.57 Å². The number of para-hydroxylation sites is 2. The summed E-state index contributed by atoms with van der Waals surface area (Å²) in [5.74, 6) is 0. The van der Waals surface area contributed by atoms with Gasteiger partial charge in [0.1, 0.15) is 7.05 Å². The fraction of sp³-hybridized carbons (Fsp3) is 0.364. The van der Waals surface area contributed by atoms with Crippen LogP contribution in [0.4, 0.5) is 11.4 Å². The minimum atomic E-state index is -0.297. The normalized spacial score (nSPS) is 19.6. The highest BCUT2D eigenvalue weighted by Gasteiger charge is 2.42. The van der Waals surface area contributed by atoms with Crippen molar-refractivity contribution in [2.45, 2.75) is 51.2 Å². The number of anilines is 1. The van der Waals surface area contributed by atoms with Crippen molar-refractivity contribution in [2.24, 2.45) is 0 Å². The van der Waals surface area contributed by atoms with Crippen LogP contribution in [0.1, 0.15) is 45.2 Å². The van der Waals surface area contributed by atoms with Gasteiger partial charge in [-0.2, -0.15) is 4.58 Å². The molecule has 0 amide bonds. The molecule has 4 nitrogen and oxygen atoms in total. The molecule has 0 saturated carbocycles. The number of methoxy groups -OCH3 is 2. The van der Waals surface area contributed by atoms with Gasteiger partial charge in [-0.25, -0.2) is 0 Å². The van der Waals surface area contributed by atoms with E-state index in [0.29, 0.717) is 6.42 Å². The van der Waals surface area contributed by atoms with E-state index in [1.54, 1.807) is 14.2 Å². The standard InChI is InChI=1S/C33H41N2O2/c1-32(2)25-17-9-11-19-27(25)34(5)29(32)21-13-15-24(23-31(36-7)37-8)16-14-22-30-33(3,4)26-18-10-12-20-28(26)35(30)6/h9-22,31H,23H2,1-8H3/q+1. The Morgan fingerprint density at radius 3 is 2.22 bits per heavy atom. The maximum absolute atomic E-state index is 5.52. The van der Waals surface area contributed by atoms with Crippen molar-refractivity contribution >= 4 is 17.1 Å². The van der Waals surface area contributed by atoms with Gasteiger partial charge in [0.15, 0.2) is 12.0 Å². The van der Waals surface area contributed by atoms with Crippen molar-refractivity contribution < 1.29 is 14.0 Å². The van der Waals surface area contributed by atoms with Gasteiger partial charge in [0, 0.05) is 62.2 Å². The molecule has 4 rings (SSSR count). The topological polar surface area (TPSA) is 24.7 Å². The van der Waals surface area contributed by atoms with Crippen LogP contribution in [-0.2, 0) is 20.3 Å². The van der Waals surface area contributed by atoms with Crippen molar-refractivity contribution in [2.75, 3.05) is 33.2 Å². The van der Waals surface area contributed by atoms with E-state index in [1.807, 2.05) is 0 Å². The van der Waals surface area contributed by atoms with Crippen LogP contribution in [-0.4, -0.2) is 44.9 Å². The molecule has 0 radical (unpaired) electrons. The summed E-state index contributed by atoms with van der Waals surface area (Å²) < 4.78 is 13.3. The lowest BCUT2D eigenvalue weighted by Gasteiger charge is -2.23. The summed E-state index contributed by atoms with van der Waals surface area (Å²) in [7, 11) is 7.66. The van der Waals surface area contributed by atoms with Crippen molar-refractivity contribution in [1.82, 2.24) is 0 Å². The first-order valence-corrected chi connectivity index (χ1v) is 13.0. The van der Waals surface area contributed by atoms with Crippen molar-refractivity contribution in [3.05, 3.63) is 107 Å². The van der Waals surface area contributed by atoms with Gasteiger partial charge in [0.25, 0.3) is 0 Å². The molecule has 0 atom stereocenters. The zero-order valence-electron chi connectivity index (χ0n) is 23.6. The highest BCUT2D eigenvalue weighted by Crippen LogP contribution is 2.46. The molecular weight excluding hydrogens is 456 g/mol. The molecule has 0 bridgehead atoms. The second-order valence-corrected chi connectivity index (χ2v) is 10.9. The Morgan fingerprint density at radius 2 is 1.57 bits per heavy atom. The molecule has 2 aliphatic heterocycles. The molecule has 0 fully saturated rings. The van der Waals surface area contributed by atoms with Crippen LogP contribution in [0.5, 0.6) is 0 Å². The van der Waals surface area contributed by atoms with Gasteiger partial charge in [0.05, 0.1) is 5.41 Å². The molecule has 37 heavy (non-hydrogen) atoms. The average molecular weight is 498 g/mol. The molecule has 0 aliphatic carbocycles. The molecule has 0 aromatic heterocycles. The van der Waals surface area contributed by atoms with E-state index in [4.69, 9.17) is 9.47 Å². The van der Waals surface area contributed by atoms with Gasteiger partial charge in [-0.1, -0.05) is 74.5 Å². The maximum atomic E-state index is 5.52. The monoisotopic (exact) mass is 497 g/mol. The summed E-state index contributed by atoms with van der Waals surface area (Å²) in [6, 6.07) is 17.3. The molecule has 2 aromatic carbocycles. The Morgan fingerprint density at radius 1 is 0.919 bits per heavy atom. The molecule has 2 heterocycles. The predicted molar refractivity (Wildman–Crippen MR) is 155 cm³/mol. The molecule has 2 aliphatic rings.